The van der Waals surface area contributed by atoms with E-state index in [2.05, 4.69) is 12.2 Å². The van der Waals surface area contributed by atoms with Crippen LogP contribution in [0.4, 0.5) is 0 Å². The van der Waals surface area contributed by atoms with E-state index < -0.39 is 0 Å². The van der Waals surface area contributed by atoms with Gasteiger partial charge in [-0.3, -0.25) is 4.79 Å². The normalized spacial score (nSPS) is 29.2. The van der Waals surface area contributed by atoms with Crippen molar-refractivity contribution in [2.75, 3.05) is 6.61 Å². The Labute approximate surface area is 79.5 Å². The summed E-state index contributed by atoms with van der Waals surface area (Å²) in [5, 5.41) is 12.0. The summed E-state index contributed by atoms with van der Waals surface area (Å²) in [6.45, 7) is 2.31. The molecule has 0 aromatic carbocycles. The lowest BCUT2D eigenvalue weighted by Gasteiger charge is -2.27. The van der Waals surface area contributed by atoms with Gasteiger partial charge in [0.1, 0.15) is 5.78 Å². The van der Waals surface area contributed by atoms with Crippen molar-refractivity contribution in [3.63, 3.8) is 0 Å². The zero-order chi connectivity index (χ0) is 9.68. The Bertz CT molecular complexity index is 170. The van der Waals surface area contributed by atoms with Crippen molar-refractivity contribution >= 4 is 5.78 Å². The number of hydrogen-bond donors (Lipinski definition) is 2. The number of nitrogens with one attached hydrogen (secondary N) is 1. The molecule has 3 nitrogen and oxygen atoms in total. The summed E-state index contributed by atoms with van der Waals surface area (Å²) >= 11 is 0. The number of carbonyl (C=O) groups is 1. The number of ketones is 1. The summed E-state index contributed by atoms with van der Waals surface area (Å²) in [6.07, 6.45) is 4.22. The molecule has 0 amide bonds. The highest BCUT2D eigenvalue weighted by molar-refractivity contribution is 5.80. The number of Topliss-reactive ketones (excluding diaryl/α,β-unsaturated/α-hetero) is 1. The average Bonchev–Trinajstić information content (AvgIpc) is 2.03. The number of aliphatic hydroxyl groups is 1. The SMILES string of the molecule is C[C@@H]1CC(=O)C[C@H](CCCCO)N1. The number of carbonyl (C=O) groups excluding carboxylic acids is 1. The molecule has 13 heavy (non-hydrogen) atoms. The molecular weight excluding hydrogens is 166 g/mol. The van der Waals surface area contributed by atoms with Crippen molar-refractivity contribution in [3.05, 3.63) is 0 Å². The molecule has 1 fully saturated rings. The van der Waals surface area contributed by atoms with Gasteiger partial charge >= 0.3 is 0 Å². The smallest absolute Gasteiger partial charge is 0.136 e. The quantitative estimate of drug-likeness (QED) is 0.639. The Hall–Kier alpha value is -0.410. The molecule has 0 spiro atoms. The lowest BCUT2D eigenvalue weighted by atomic mass is 9.95. The van der Waals surface area contributed by atoms with Crippen LogP contribution < -0.4 is 5.32 Å². The fourth-order valence-electron chi connectivity index (χ4n) is 1.91. The van der Waals surface area contributed by atoms with Gasteiger partial charge in [0.05, 0.1) is 0 Å². The predicted octanol–water partition coefficient (Wildman–Crippen LogP) is 0.859. The van der Waals surface area contributed by atoms with Crippen LogP contribution in [0.5, 0.6) is 0 Å². The molecule has 1 heterocycles. The zero-order valence-corrected chi connectivity index (χ0v) is 8.25. The van der Waals surface area contributed by atoms with E-state index in [0.717, 1.165) is 19.3 Å². The van der Waals surface area contributed by atoms with Crippen LogP contribution in [0.15, 0.2) is 0 Å². The van der Waals surface area contributed by atoms with Crippen LogP contribution in [0.2, 0.25) is 0 Å². The minimum atomic E-state index is 0.260. The fourth-order valence-corrected chi connectivity index (χ4v) is 1.91. The monoisotopic (exact) mass is 185 g/mol. The van der Waals surface area contributed by atoms with E-state index in [-0.39, 0.29) is 6.61 Å². The van der Waals surface area contributed by atoms with Gasteiger partial charge in [-0.2, -0.15) is 0 Å². The maximum Gasteiger partial charge on any atom is 0.136 e. The lowest BCUT2D eigenvalue weighted by Crippen LogP contribution is -2.44. The molecule has 2 atom stereocenters. The van der Waals surface area contributed by atoms with Crippen LogP contribution in [-0.2, 0) is 4.79 Å². The van der Waals surface area contributed by atoms with Crippen molar-refractivity contribution in [3.8, 4) is 0 Å². The Balaban J connectivity index is 2.21. The largest absolute Gasteiger partial charge is 0.396 e. The molecule has 1 rings (SSSR count). The van der Waals surface area contributed by atoms with Crippen LogP contribution in [0, 0.1) is 0 Å². The van der Waals surface area contributed by atoms with Crippen LogP contribution in [0.3, 0.4) is 0 Å². The first-order valence-corrected chi connectivity index (χ1v) is 5.11. The highest BCUT2D eigenvalue weighted by atomic mass is 16.2. The number of hydrogen-bond acceptors (Lipinski definition) is 3. The van der Waals surface area contributed by atoms with E-state index in [1.807, 2.05) is 0 Å². The molecule has 0 unspecified atom stereocenters. The summed E-state index contributed by atoms with van der Waals surface area (Å²) in [5.41, 5.74) is 0. The third-order valence-corrected chi connectivity index (χ3v) is 2.49. The second-order valence-corrected chi connectivity index (χ2v) is 3.93. The van der Waals surface area contributed by atoms with E-state index in [9.17, 15) is 4.79 Å². The molecule has 0 bridgehead atoms. The summed E-state index contributed by atoms with van der Waals surface area (Å²) < 4.78 is 0. The molecule has 0 aliphatic carbocycles. The number of rotatable bonds is 4. The molecule has 3 heteroatoms. The Morgan fingerprint density at radius 3 is 2.85 bits per heavy atom. The number of unbranched alkanes of at least 4 members (excludes halogenated alkanes) is 1. The Kier molecular flexibility index (Phi) is 4.39. The molecular formula is C10H19NO2. The van der Waals surface area contributed by atoms with Crippen LogP contribution in [0.25, 0.3) is 0 Å². The van der Waals surface area contributed by atoms with Crippen molar-refractivity contribution in [2.45, 2.75) is 51.1 Å². The first-order chi connectivity index (χ1) is 6.22. The second-order valence-electron chi connectivity index (χ2n) is 3.93. The van der Waals surface area contributed by atoms with Gasteiger partial charge in [0.15, 0.2) is 0 Å². The van der Waals surface area contributed by atoms with E-state index in [0.29, 0.717) is 30.7 Å². The number of aliphatic hydroxyl groups excluding tert-OH is 1. The number of piperidine rings is 1. The Morgan fingerprint density at radius 1 is 1.46 bits per heavy atom. The minimum Gasteiger partial charge on any atom is -0.396 e. The van der Waals surface area contributed by atoms with Crippen molar-refractivity contribution in [2.24, 2.45) is 0 Å². The van der Waals surface area contributed by atoms with Gasteiger partial charge in [-0.1, -0.05) is 0 Å². The molecule has 0 radical (unpaired) electrons. The molecule has 2 N–H and O–H groups in total. The average molecular weight is 185 g/mol. The van der Waals surface area contributed by atoms with Crippen molar-refractivity contribution < 1.29 is 9.90 Å². The van der Waals surface area contributed by atoms with E-state index in [1.165, 1.54) is 0 Å². The van der Waals surface area contributed by atoms with Gasteiger partial charge < -0.3 is 10.4 Å². The van der Waals surface area contributed by atoms with Crippen LogP contribution in [0.1, 0.15) is 39.0 Å². The molecule has 1 saturated heterocycles. The molecule has 0 saturated carbocycles. The van der Waals surface area contributed by atoms with Gasteiger partial charge in [-0.25, -0.2) is 0 Å². The van der Waals surface area contributed by atoms with E-state index in [4.69, 9.17) is 5.11 Å². The molecule has 76 valence electrons. The maximum atomic E-state index is 11.2. The van der Waals surface area contributed by atoms with Gasteiger partial charge in [0.2, 0.25) is 0 Å². The molecule has 0 aromatic rings. The second kappa shape index (κ2) is 5.35. The van der Waals surface area contributed by atoms with Crippen LogP contribution in [-0.4, -0.2) is 29.6 Å². The third-order valence-electron chi connectivity index (χ3n) is 2.49. The first-order valence-electron chi connectivity index (χ1n) is 5.11. The zero-order valence-electron chi connectivity index (χ0n) is 8.25. The summed E-state index contributed by atoms with van der Waals surface area (Å²) in [6, 6.07) is 0.683. The standard InChI is InChI=1S/C10H19NO2/c1-8-6-10(13)7-9(11-8)4-2-3-5-12/h8-9,11-12H,2-7H2,1H3/t8-,9+/m1/s1. The highest BCUT2D eigenvalue weighted by Gasteiger charge is 2.22. The van der Waals surface area contributed by atoms with E-state index >= 15 is 0 Å². The molecule has 1 aliphatic heterocycles. The summed E-state index contributed by atoms with van der Waals surface area (Å²) in [7, 11) is 0. The van der Waals surface area contributed by atoms with E-state index in [1.54, 1.807) is 0 Å². The predicted molar refractivity (Wildman–Crippen MR) is 51.6 cm³/mol. The first kappa shape index (κ1) is 10.7. The maximum absolute atomic E-state index is 11.2. The Morgan fingerprint density at radius 2 is 2.23 bits per heavy atom. The topological polar surface area (TPSA) is 49.3 Å². The van der Waals surface area contributed by atoms with Gasteiger partial charge in [-0.15, -0.1) is 0 Å². The lowest BCUT2D eigenvalue weighted by molar-refractivity contribution is -0.121. The minimum absolute atomic E-state index is 0.260. The summed E-state index contributed by atoms with van der Waals surface area (Å²) in [4.78, 5) is 11.2. The van der Waals surface area contributed by atoms with Gasteiger partial charge in [0, 0.05) is 31.5 Å². The molecule has 0 aromatic heterocycles. The fraction of sp³-hybridized carbons (Fsp3) is 0.900. The van der Waals surface area contributed by atoms with Gasteiger partial charge in [-0.05, 0) is 26.2 Å². The summed E-state index contributed by atoms with van der Waals surface area (Å²) in [5.74, 6) is 0.375. The highest BCUT2D eigenvalue weighted by Crippen LogP contribution is 2.13. The van der Waals surface area contributed by atoms with Crippen LogP contribution >= 0.6 is 0 Å². The molecule has 1 aliphatic rings. The third kappa shape index (κ3) is 3.87. The van der Waals surface area contributed by atoms with Crippen molar-refractivity contribution in [1.82, 2.24) is 5.32 Å². The van der Waals surface area contributed by atoms with Crippen molar-refractivity contribution in [1.29, 1.82) is 0 Å². The van der Waals surface area contributed by atoms with Gasteiger partial charge in [0.25, 0.3) is 0 Å².